The SMILES string of the molecule is Cc1ccc(C(O)C(=O)O)c(O)c1Cl. The van der Waals surface area contributed by atoms with Gasteiger partial charge in [-0.3, -0.25) is 0 Å². The summed E-state index contributed by atoms with van der Waals surface area (Å²) in [5, 5.41) is 27.2. The van der Waals surface area contributed by atoms with E-state index in [2.05, 4.69) is 0 Å². The number of aliphatic hydroxyl groups is 1. The summed E-state index contributed by atoms with van der Waals surface area (Å²) in [6.07, 6.45) is -1.76. The van der Waals surface area contributed by atoms with Gasteiger partial charge >= 0.3 is 5.97 Å². The molecular formula is C9H9ClO4. The molecule has 0 aliphatic heterocycles. The molecule has 0 fully saturated rings. The summed E-state index contributed by atoms with van der Waals surface area (Å²) >= 11 is 5.68. The standard InChI is InChI=1S/C9H9ClO4/c1-4-2-3-5(7(11)6(4)10)8(12)9(13)14/h2-3,8,11-12H,1H3,(H,13,14). The van der Waals surface area contributed by atoms with Gasteiger partial charge in [0.2, 0.25) is 0 Å². The second kappa shape index (κ2) is 3.86. The molecule has 14 heavy (non-hydrogen) atoms. The van der Waals surface area contributed by atoms with Gasteiger partial charge in [-0.2, -0.15) is 0 Å². The highest BCUT2D eigenvalue weighted by Crippen LogP contribution is 2.34. The Balaban J connectivity index is 3.24. The zero-order valence-corrected chi connectivity index (χ0v) is 8.12. The Morgan fingerprint density at radius 1 is 1.50 bits per heavy atom. The molecule has 76 valence electrons. The number of phenolic OH excluding ortho intramolecular Hbond substituents is 1. The maximum absolute atomic E-state index is 10.4. The number of carboxylic acids is 1. The molecule has 4 nitrogen and oxygen atoms in total. The van der Waals surface area contributed by atoms with E-state index in [9.17, 15) is 15.0 Å². The van der Waals surface area contributed by atoms with Crippen LogP contribution in [0.25, 0.3) is 0 Å². The molecule has 3 N–H and O–H groups in total. The number of aliphatic hydroxyl groups excluding tert-OH is 1. The molecule has 1 aromatic carbocycles. The van der Waals surface area contributed by atoms with Gasteiger partial charge in [-0.15, -0.1) is 0 Å². The van der Waals surface area contributed by atoms with E-state index >= 15 is 0 Å². The van der Waals surface area contributed by atoms with Crippen LogP contribution in [0.3, 0.4) is 0 Å². The summed E-state index contributed by atoms with van der Waals surface area (Å²) in [5.41, 5.74) is 0.513. The highest BCUT2D eigenvalue weighted by molar-refractivity contribution is 6.32. The summed E-state index contributed by atoms with van der Waals surface area (Å²) in [6, 6.07) is 2.86. The van der Waals surface area contributed by atoms with Crippen LogP contribution in [0.4, 0.5) is 0 Å². The van der Waals surface area contributed by atoms with Gasteiger partial charge in [0.25, 0.3) is 0 Å². The summed E-state index contributed by atoms with van der Waals surface area (Å²) in [6.45, 7) is 1.67. The molecule has 0 aromatic heterocycles. The average molecular weight is 217 g/mol. The van der Waals surface area contributed by atoms with E-state index in [-0.39, 0.29) is 16.3 Å². The zero-order chi connectivity index (χ0) is 10.9. The van der Waals surface area contributed by atoms with Crippen molar-refractivity contribution >= 4 is 17.6 Å². The Morgan fingerprint density at radius 3 is 2.57 bits per heavy atom. The Morgan fingerprint density at radius 2 is 2.07 bits per heavy atom. The van der Waals surface area contributed by atoms with Gasteiger partial charge in [0.05, 0.1) is 5.02 Å². The lowest BCUT2D eigenvalue weighted by Gasteiger charge is -2.10. The Labute approximate surface area is 85.4 Å². The molecule has 0 aliphatic rings. The van der Waals surface area contributed by atoms with Gasteiger partial charge in [0.15, 0.2) is 6.10 Å². The van der Waals surface area contributed by atoms with Gasteiger partial charge in [-0.05, 0) is 12.5 Å². The van der Waals surface area contributed by atoms with Crippen LogP contribution in [-0.4, -0.2) is 21.3 Å². The van der Waals surface area contributed by atoms with E-state index in [0.717, 1.165) is 0 Å². The molecule has 0 saturated heterocycles. The van der Waals surface area contributed by atoms with Crippen LogP contribution < -0.4 is 0 Å². The highest BCUT2D eigenvalue weighted by Gasteiger charge is 2.21. The minimum atomic E-state index is -1.76. The molecule has 0 amide bonds. The minimum absolute atomic E-state index is 0.0581. The van der Waals surface area contributed by atoms with Crippen LogP contribution in [0.5, 0.6) is 5.75 Å². The number of aliphatic carboxylic acids is 1. The lowest BCUT2D eigenvalue weighted by atomic mass is 10.1. The van der Waals surface area contributed by atoms with Crippen molar-refractivity contribution in [3.05, 3.63) is 28.3 Å². The molecule has 0 spiro atoms. The van der Waals surface area contributed by atoms with Crippen molar-refractivity contribution in [2.45, 2.75) is 13.0 Å². The van der Waals surface area contributed by atoms with Crippen LogP contribution in [0.1, 0.15) is 17.2 Å². The molecule has 0 radical (unpaired) electrons. The van der Waals surface area contributed by atoms with Crippen molar-refractivity contribution in [2.75, 3.05) is 0 Å². The first-order valence-electron chi connectivity index (χ1n) is 3.84. The lowest BCUT2D eigenvalue weighted by Crippen LogP contribution is -2.10. The fourth-order valence-corrected chi connectivity index (χ4v) is 1.21. The number of rotatable bonds is 2. The first-order valence-corrected chi connectivity index (χ1v) is 4.21. The van der Waals surface area contributed by atoms with Crippen molar-refractivity contribution in [1.82, 2.24) is 0 Å². The normalized spacial score (nSPS) is 12.5. The highest BCUT2D eigenvalue weighted by atomic mass is 35.5. The van der Waals surface area contributed by atoms with E-state index in [1.54, 1.807) is 6.92 Å². The van der Waals surface area contributed by atoms with Crippen LogP contribution >= 0.6 is 11.6 Å². The number of hydrogen-bond donors (Lipinski definition) is 3. The van der Waals surface area contributed by atoms with Crippen molar-refractivity contribution in [1.29, 1.82) is 0 Å². The van der Waals surface area contributed by atoms with Crippen molar-refractivity contribution in [2.24, 2.45) is 0 Å². The third-order valence-electron chi connectivity index (χ3n) is 1.87. The van der Waals surface area contributed by atoms with E-state index in [1.807, 2.05) is 0 Å². The van der Waals surface area contributed by atoms with Gasteiger partial charge in [0, 0.05) is 5.56 Å². The number of aromatic hydroxyl groups is 1. The van der Waals surface area contributed by atoms with E-state index in [4.69, 9.17) is 16.7 Å². The minimum Gasteiger partial charge on any atom is -0.506 e. The lowest BCUT2D eigenvalue weighted by molar-refractivity contribution is -0.147. The number of hydrogen-bond acceptors (Lipinski definition) is 3. The molecule has 0 bridgehead atoms. The number of phenols is 1. The first-order chi connectivity index (χ1) is 6.45. The number of carbonyl (C=O) groups is 1. The fourth-order valence-electron chi connectivity index (χ4n) is 1.03. The van der Waals surface area contributed by atoms with Crippen LogP contribution in [0.15, 0.2) is 12.1 Å². The van der Waals surface area contributed by atoms with Crippen LogP contribution in [0.2, 0.25) is 5.02 Å². The number of halogens is 1. The maximum atomic E-state index is 10.4. The summed E-state index contributed by atoms with van der Waals surface area (Å²) in [5.74, 6) is -1.82. The quantitative estimate of drug-likeness (QED) is 0.700. The summed E-state index contributed by atoms with van der Waals surface area (Å²) in [7, 11) is 0. The summed E-state index contributed by atoms with van der Waals surface area (Å²) < 4.78 is 0. The Bertz CT molecular complexity index is 375. The van der Waals surface area contributed by atoms with Crippen molar-refractivity contribution in [3.8, 4) is 5.75 Å². The molecule has 5 heteroatoms. The number of aryl methyl sites for hydroxylation is 1. The predicted molar refractivity (Wildman–Crippen MR) is 50.4 cm³/mol. The molecular weight excluding hydrogens is 208 g/mol. The molecule has 1 unspecified atom stereocenters. The predicted octanol–water partition coefficient (Wildman–Crippen LogP) is 1.47. The van der Waals surface area contributed by atoms with E-state index in [1.165, 1.54) is 12.1 Å². The van der Waals surface area contributed by atoms with Crippen LogP contribution in [0, 0.1) is 6.92 Å². The van der Waals surface area contributed by atoms with Crippen LogP contribution in [-0.2, 0) is 4.79 Å². The fraction of sp³-hybridized carbons (Fsp3) is 0.222. The van der Waals surface area contributed by atoms with E-state index in [0.29, 0.717) is 5.56 Å². The average Bonchev–Trinajstić information content (AvgIpc) is 2.13. The number of benzene rings is 1. The van der Waals surface area contributed by atoms with Gasteiger partial charge in [-0.25, -0.2) is 4.79 Å². The van der Waals surface area contributed by atoms with Crippen molar-refractivity contribution in [3.63, 3.8) is 0 Å². The Kier molecular flexibility index (Phi) is 2.98. The van der Waals surface area contributed by atoms with Gasteiger partial charge in [0.1, 0.15) is 5.75 Å². The molecule has 1 aromatic rings. The monoisotopic (exact) mass is 216 g/mol. The first kappa shape index (κ1) is 10.8. The van der Waals surface area contributed by atoms with Gasteiger partial charge < -0.3 is 15.3 Å². The third-order valence-corrected chi connectivity index (χ3v) is 2.35. The molecule has 0 aliphatic carbocycles. The van der Waals surface area contributed by atoms with Gasteiger partial charge in [-0.1, -0.05) is 23.7 Å². The molecule has 0 heterocycles. The molecule has 0 saturated carbocycles. The smallest absolute Gasteiger partial charge is 0.337 e. The number of carboxylic acid groups (broad SMARTS) is 1. The molecule has 1 atom stereocenters. The molecule has 1 rings (SSSR count). The second-order valence-electron chi connectivity index (χ2n) is 2.88. The van der Waals surface area contributed by atoms with Crippen molar-refractivity contribution < 1.29 is 20.1 Å². The Hall–Kier alpha value is -1.26. The van der Waals surface area contributed by atoms with E-state index < -0.39 is 12.1 Å². The largest absolute Gasteiger partial charge is 0.506 e. The third kappa shape index (κ3) is 1.81. The second-order valence-corrected chi connectivity index (χ2v) is 3.25. The maximum Gasteiger partial charge on any atom is 0.337 e. The topological polar surface area (TPSA) is 77.8 Å². The summed E-state index contributed by atoms with van der Waals surface area (Å²) in [4.78, 5) is 10.4. The zero-order valence-electron chi connectivity index (χ0n) is 7.36.